The molecule has 9 heteroatoms. The highest BCUT2D eigenvalue weighted by molar-refractivity contribution is 5.69. The largest absolute Gasteiger partial charge is 0.481 e. The molecule has 0 aromatic heterocycles. The van der Waals surface area contributed by atoms with Gasteiger partial charge in [0.1, 0.15) is 6.10 Å². The molecular formula is C48H80O9. The van der Waals surface area contributed by atoms with Gasteiger partial charge in [0.25, 0.3) is 0 Å². The highest BCUT2D eigenvalue weighted by atomic mass is 16.5. The lowest BCUT2D eigenvalue weighted by atomic mass is 9.43. The SMILES string of the molecule is C[C@H](CCC(=O)O)[C@H]1CC[C@H](C)[C@@H]2[C@@H](O)C[C@@H]3C[C@H](OC(=O)CC[C@@H](C)[C@H]4CC[C@H]5[C@@H]6[C@H](O)C[C@@H]7C[C@H](O)CC[C@]7(C)[C@H]6C[C@H](O)[C@]45C)CC[C@]3(C)[C@H]2C[C@H](O)C1. The number of carbonyl (C=O) groups is 2. The predicted molar refractivity (Wildman–Crippen MR) is 218 cm³/mol. The molecule has 326 valence electrons. The summed E-state index contributed by atoms with van der Waals surface area (Å²) < 4.78 is 6.25. The van der Waals surface area contributed by atoms with Crippen LogP contribution in [-0.4, -0.2) is 79.2 Å². The van der Waals surface area contributed by atoms with Crippen LogP contribution in [0.15, 0.2) is 0 Å². The number of rotatable bonds is 9. The summed E-state index contributed by atoms with van der Waals surface area (Å²) in [4.78, 5) is 24.8. The van der Waals surface area contributed by atoms with Crippen LogP contribution in [0.1, 0.15) is 164 Å². The summed E-state index contributed by atoms with van der Waals surface area (Å²) in [7, 11) is 0. The standard InChI is InChI=1S/C48H80O9/c1-26(8-13-42(54)55)29-10-7-28(3)44-37(24-33(50)19-29)47(5)18-16-34(21-31(47)23-39(44)51)57-43(56)14-9-27(2)35-11-12-36-45-38(25-41(53)48(35,36)6)46(4)17-15-32(49)20-30(46)22-40(45)52/h26-41,44-45,49-53H,7-25H2,1-6H3,(H,54,55)/t26-,27-,28+,29+,30+,31+,32-,33-,34-,35-,36+,37+,38+,39+,40-,41+,44+,45+,46+,47+,48-/m1/s1. The van der Waals surface area contributed by atoms with Crippen molar-refractivity contribution in [3.8, 4) is 0 Å². The van der Waals surface area contributed by atoms with Crippen LogP contribution in [0.5, 0.6) is 0 Å². The summed E-state index contributed by atoms with van der Waals surface area (Å²) in [5, 5.41) is 66.7. The quantitative estimate of drug-likeness (QED) is 0.128. The molecule has 0 spiro atoms. The predicted octanol–water partition coefficient (Wildman–Crippen LogP) is 7.77. The third-order valence-corrected chi connectivity index (χ3v) is 19.8. The van der Waals surface area contributed by atoms with Crippen molar-refractivity contribution in [3.05, 3.63) is 0 Å². The summed E-state index contributed by atoms with van der Waals surface area (Å²) >= 11 is 0. The molecule has 7 rings (SSSR count). The number of carbonyl (C=O) groups excluding carboxylic acids is 1. The number of aliphatic hydroxyl groups excluding tert-OH is 5. The minimum Gasteiger partial charge on any atom is -0.481 e. The Morgan fingerprint density at radius 3 is 1.98 bits per heavy atom. The van der Waals surface area contributed by atoms with Gasteiger partial charge in [0, 0.05) is 12.8 Å². The first-order chi connectivity index (χ1) is 26.9. The molecule has 7 fully saturated rings. The average molecular weight is 801 g/mol. The van der Waals surface area contributed by atoms with Gasteiger partial charge in [-0.1, -0.05) is 48.0 Å². The fourth-order valence-electron chi connectivity index (χ4n) is 16.3. The molecule has 0 unspecified atom stereocenters. The van der Waals surface area contributed by atoms with Gasteiger partial charge in [0.15, 0.2) is 0 Å². The monoisotopic (exact) mass is 801 g/mol. The van der Waals surface area contributed by atoms with Crippen molar-refractivity contribution in [2.75, 3.05) is 0 Å². The van der Waals surface area contributed by atoms with Gasteiger partial charge in [-0.15, -0.1) is 0 Å². The molecule has 9 nitrogen and oxygen atoms in total. The Balaban J connectivity index is 0.943. The molecule has 7 aliphatic carbocycles. The number of aliphatic carboxylic acids is 1. The fraction of sp³-hybridized carbons (Fsp3) is 0.958. The van der Waals surface area contributed by atoms with Crippen LogP contribution in [0.4, 0.5) is 0 Å². The van der Waals surface area contributed by atoms with Gasteiger partial charge in [-0.3, -0.25) is 9.59 Å². The first-order valence-electron chi connectivity index (χ1n) is 23.7. The summed E-state index contributed by atoms with van der Waals surface area (Å²) in [5.74, 6) is 1.92. The minimum absolute atomic E-state index is 0.0506. The number of esters is 1. The van der Waals surface area contributed by atoms with E-state index in [9.17, 15) is 40.2 Å². The third-order valence-electron chi connectivity index (χ3n) is 19.8. The second kappa shape index (κ2) is 16.9. The zero-order valence-electron chi connectivity index (χ0n) is 36.2. The van der Waals surface area contributed by atoms with E-state index in [4.69, 9.17) is 4.74 Å². The first-order valence-corrected chi connectivity index (χ1v) is 23.7. The van der Waals surface area contributed by atoms with E-state index in [1.165, 1.54) is 0 Å². The van der Waals surface area contributed by atoms with Gasteiger partial charge in [-0.2, -0.15) is 0 Å². The normalized spacial score (nSPS) is 50.9. The van der Waals surface area contributed by atoms with Crippen LogP contribution in [-0.2, 0) is 14.3 Å². The summed E-state index contributed by atoms with van der Waals surface area (Å²) in [6.07, 6.45) is 12.1. The molecule has 0 aliphatic heterocycles. The Morgan fingerprint density at radius 1 is 0.649 bits per heavy atom. The van der Waals surface area contributed by atoms with E-state index in [1.54, 1.807) is 0 Å². The summed E-state index contributed by atoms with van der Waals surface area (Å²) in [5.41, 5.74) is -0.298. The number of carboxylic acids is 1. The molecule has 0 saturated heterocycles. The molecule has 7 aliphatic rings. The van der Waals surface area contributed by atoms with E-state index < -0.39 is 30.4 Å². The molecule has 0 bridgehead atoms. The van der Waals surface area contributed by atoms with E-state index in [-0.39, 0.29) is 100 Å². The van der Waals surface area contributed by atoms with Gasteiger partial charge >= 0.3 is 11.9 Å². The lowest BCUT2D eigenvalue weighted by molar-refractivity contribution is -0.207. The summed E-state index contributed by atoms with van der Waals surface area (Å²) in [6.45, 7) is 13.7. The van der Waals surface area contributed by atoms with Gasteiger partial charge in [0.05, 0.1) is 30.5 Å². The van der Waals surface area contributed by atoms with Crippen molar-refractivity contribution in [1.82, 2.24) is 0 Å². The van der Waals surface area contributed by atoms with Crippen LogP contribution in [0, 0.1) is 87.3 Å². The minimum atomic E-state index is -0.769. The molecule has 7 saturated carbocycles. The van der Waals surface area contributed by atoms with Crippen molar-refractivity contribution in [2.24, 2.45) is 87.3 Å². The fourth-order valence-corrected chi connectivity index (χ4v) is 16.3. The Kier molecular flexibility index (Phi) is 13.0. The highest BCUT2D eigenvalue weighted by Gasteiger charge is 2.66. The summed E-state index contributed by atoms with van der Waals surface area (Å²) in [6, 6.07) is 0. The number of fused-ring (bicyclic) bond motifs is 8. The number of hydrogen-bond acceptors (Lipinski definition) is 8. The van der Waals surface area contributed by atoms with Crippen LogP contribution < -0.4 is 0 Å². The zero-order valence-corrected chi connectivity index (χ0v) is 36.2. The topological polar surface area (TPSA) is 165 Å². The highest BCUT2D eigenvalue weighted by Crippen LogP contribution is 2.68. The van der Waals surface area contributed by atoms with Gasteiger partial charge in [0.2, 0.25) is 0 Å². The third kappa shape index (κ3) is 8.14. The van der Waals surface area contributed by atoms with Crippen LogP contribution in [0.25, 0.3) is 0 Å². The Bertz CT molecular complexity index is 1420. The smallest absolute Gasteiger partial charge is 0.306 e. The molecule has 0 amide bonds. The van der Waals surface area contributed by atoms with E-state index in [0.717, 1.165) is 77.0 Å². The van der Waals surface area contributed by atoms with Crippen LogP contribution >= 0.6 is 0 Å². The molecule has 0 aromatic rings. The van der Waals surface area contributed by atoms with E-state index in [1.807, 2.05) is 0 Å². The molecule has 0 aromatic carbocycles. The van der Waals surface area contributed by atoms with Crippen molar-refractivity contribution < 1.29 is 45.0 Å². The number of aliphatic hydroxyl groups is 5. The van der Waals surface area contributed by atoms with Gasteiger partial charge < -0.3 is 35.4 Å². The first kappa shape index (κ1) is 43.8. The Labute approximate surface area is 343 Å². The molecule has 21 atom stereocenters. The van der Waals surface area contributed by atoms with Crippen molar-refractivity contribution in [3.63, 3.8) is 0 Å². The van der Waals surface area contributed by atoms with Crippen molar-refractivity contribution in [2.45, 2.75) is 200 Å². The van der Waals surface area contributed by atoms with E-state index >= 15 is 0 Å². The Morgan fingerprint density at radius 2 is 1.28 bits per heavy atom. The van der Waals surface area contributed by atoms with Crippen LogP contribution in [0.2, 0.25) is 0 Å². The zero-order chi connectivity index (χ0) is 41.2. The maximum absolute atomic E-state index is 13.6. The average Bonchev–Trinajstić information content (AvgIpc) is 3.53. The maximum atomic E-state index is 13.6. The lowest BCUT2D eigenvalue weighted by Crippen LogP contribution is -2.62. The van der Waals surface area contributed by atoms with E-state index in [2.05, 4.69) is 41.5 Å². The molecule has 0 heterocycles. The second-order valence-corrected chi connectivity index (χ2v) is 22.5. The number of carboxylic acid groups (broad SMARTS) is 1. The Hall–Kier alpha value is -1.26. The number of hydrogen-bond donors (Lipinski definition) is 6. The van der Waals surface area contributed by atoms with Crippen molar-refractivity contribution >= 4 is 11.9 Å². The van der Waals surface area contributed by atoms with E-state index in [0.29, 0.717) is 50.4 Å². The molecule has 0 radical (unpaired) electrons. The molecular weight excluding hydrogens is 721 g/mol. The van der Waals surface area contributed by atoms with Gasteiger partial charge in [-0.25, -0.2) is 0 Å². The lowest BCUT2D eigenvalue weighted by Gasteiger charge is -2.63. The molecule has 57 heavy (non-hydrogen) atoms. The maximum Gasteiger partial charge on any atom is 0.306 e. The molecule has 6 N–H and O–H groups in total. The van der Waals surface area contributed by atoms with Gasteiger partial charge in [-0.05, 0) is 190 Å². The van der Waals surface area contributed by atoms with Crippen LogP contribution in [0.3, 0.4) is 0 Å². The second-order valence-electron chi connectivity index (χ2n) is 22.5. The van der Waals surface area contributed by atoms with Crippen molar-refractivity contribution in [1.29, 1.82) is 0 Å². The number of ether oxygens (including phenoxy) is 1.